The molecule has 1 heterocycles. The van der Waals surface area contributed by atoms with E-state index in [1.54, 1.807) is 0 Å². The van der Waals surface area contributed by atoms with E-state index in [1.807, 2.05) is 13.0 Å². The van der Waals surface area contributed by atoms with Crippen molar-refractivity contribution in [1.29, 1.82) is 0 Å². The maximum atomic E-state index is 11.7. The van der Waals surface area contributed by atoms with Crippen LogP contribution in [0.4, 0.5) is 0 Å². The molecular formula is C18H27NO2. The second-order valence-corrected chi connectivity index (χ2v) is 6.23. The van der Waals surface area contributed by atoms with Gasteiger partial charge in [-0.05, 0) is 37.8 Å². The van der Waals surface area contributed by atoms with Gasteiger partial charge < -0.3 is 5.11 Å². The molecule has 0 aromatic heterocycles. The lowest BCUT2D eigenvalue weighted by Gasteiger charge is -2.43. The van der Waals surface area contributed by atoms with Crippen LogP contribution in [0, 0.1) is 5.41 Å². The number of piperidine rings is 1. The van der Waals surface area contributed by atoms with Crippen LogP contribution in [0.5, 0.6) is 0 Å². The minimum atomic E-state index is -0.627. The van der Waals surface area contributed by atoms with Gasteiger partial charge in [0.25, 0.3) is 0 Å². The summed E-state index contributed by atoms with van der Waals surface area (Å²) in [5.74, 6) is -0.627. The Morgan fingerprint density at radius 3 is 2.62 bits per heavy atom. The van der Waals surface area contributed by atoms with Crippen molar-refractivity contribution >= 4 is 5.97 Å². The quantitative estimate of drug-likeness (QED) is 0.857. The van der Waals surface area contributed by atoms with E-state index in [9.17, 15) is 9.90 Å². The average molecular weight is 289 g/mol. The molecule has 1 aromatic rings. The molecule has 1 aliphatic heterocycles. The van der Waals surface area contributed by atoms with Crippen LogP contribution >= 0.6 is 0 Å². The van der Waals surface area contributed by atoms with Gasteiger partial charge in [-0.15, -0.1) is 0 Å². The fourth-order valence-electron chi connectivity index (χ4n) is 3.56. The van der Waals surface area contributed by atoms with Crippen LogP contribution in [0.2, 0.25) is 0 Å². The number of carboxylic acids is 1. The molecule has 0 saturated carbocycles. The van der Waals surface area contributed by atoms with Crippen molar-refractivity contribution in [3.05, 3.63) is 35.9 Å². The van der Waals surface area contributed by atoms with Gasteiger partial charge in [-0.1, -0.05) is 50.6 Å². The van der Waals surface area contributed by atoms with Gasteiger partial charge in [0, 0.05) is 12.6 Å². The lowest BCUT2D eigenvalue weighted by Crippen LogP contribution is -2.48. The lowest BCUT2D eigenvalue weighted by molar-refractivity contribution is -0.153. The number of likely N-dealkylation sites (tertiary alicyclic amines) is 1. The smallest absolute Gasteiger partial charge is 0.310 e. The molecule has 1 aliphatic rings. The van der Waals surface area contributed by atoms with Crippen LogP contribution in [0.15, 0.2) is 30.3 Å². The van der Waals surface area contributed by atoms with Crippen LogP contribution in [-0.2, 0) is 4.79 Å². The van der Waals surface area contributed by atoms with Crippen molar-refractivity contribution in [3.63, 3.8) is 0 Å². The fraction of sp³-hybridized carbons (Fsp3) is 0.611. The Morgan fingerprint density at radius 2 is 2.05 bits per heavy atom. The second-order valence-electron chi connectivity index (χ2n) is 6.23. The maximum absolute atomic E-state index is 11.7. The molecule has 0 radical (unpaired) electrons. The fourth-order valence-corrected chi connectivity index (χ4v) is 3.56. The first-order valence-electron chi connectivity index (χ1n) is 8.15. The third-order valence-corrected chi connectivity index (χ3v) is 4.92. The zero-order valence-corrected chi connectivity index (χ0v) is 13.2. The Bertz CT molecular complexity index is 460. The number of carboxylic acid groups (broad SMARTS) is 1. The van der Waals surface area contributed by atoms with E-state index in [0.717, 1.165) is 32.2 Å². The van der Waals surface area contributed by atoms with E-state index in [0.29, 0.717) is 19.0 Å². The van der Waals surface area contributed by atoms with Gasteiger partial charge in [0.15, 0.2) is 0 Å². The monoisotopic (exact) mass is 289 g/mol. The largest absolute Gasteiger partial charge is 0.481 e. The Balaban J connectivity index is 2.22. The van der Waals surface area contributed by atoms with Crippen molar-refractivity contribution in [2.75, 3.05) is 13.1 Å². The van der Waals surface area contributed by atoms with E-state index in [1.165, 1.54) is 5.56 Å². The molecule has 1 aromatic carbocycles. The third-order valence-electron chi connectivity index (χ3n) is 4.92. The zero-order valence-electron chi connectivity index (χ0n) is 13.2. The number of hydrogen-bond donors (Lipinski definition) is 1. The van der Waals surface area contributed by atoms with E-state index >= 15 is 0 Å². The highest BCUT2D eigenvalue weighted by Crippen LogP contribution is 2.38. The summed E-state index contributed by atoms with van der Waals surface area (Å²) < 4.78 is 0. The van der Waals surface area contributed by atoms with Crippen LogP contribution < -0.4 is 0 Å². The maximum Gasteiger partial charge on any atom is 0.310 e. The summed E-state index contributed by atoms with van der Waals surface area (Å²) in [5, 5.41) is 9.66. The van der Waals surface area contributed by atoms with Crippen LogP contribution in [0.1, 0.15) is 57.6 Å². The number of aliphatic carboxylic acids is 1. The van der Waals surface area contributed by atoms with E-state index in [4.69, 9.17) is 0 Å². The predicted octanol–water partition coefficient (Wildman–Crippen LogP) is 4.10. The summed E-state index contributed by atoms with van der Waals surface area (Å²) in [6.45, 7) is 5.89. The van der Waals surface area contributed by atoms with Gasteiger partial charge in [0.05, 0.1) is 5.41 Å². The summed E-state index contributed by atoms with van der Waals surface area (Å²) in [4.78, 5) is 14.1. The number of carbonyl (C=O) groups is 1. The minimum Gasteiger partial charge on any atom is -0.481 e. The molecule has 1 N–H and O–H groups in total. The molecule has 0 spiro atoms. The highest BCUT2D eigenvalue weighted by molar-refractivity contribution is 5.75. The van der Waals surface area contributed by atoms with Gasteiger partial charge in [-0.3, -0.25) is 9.69 Å². The van der Waals surface area contributed by atoms with Gasteiger partial charge in [-0.2, -0.15) is 0 Å². The topological polar surface area (TPSA) is 40.5 Å². The Labute approximate surface area is 128 Å². The van der Waals surface area contributed by atoms with Crippen LogP contribution in [0.25, 0.3) is 0 Å². The molecule has 0 amide bonds. The predicted molar refractivity (Wildman–Crippen MR) is 85.3 cm³/mol. The minimum absolute atomic E-state index is 0.349. The highest BCUT2D eigenvalue weighted by atomic mass is 16.4. The first kappa shape index (κ1) is 16.0. The van der Waals surface area contributed by atoms with E-state index in [-0.39, 0.29) is 0 Å². The van der Waals surface area contributed by atoms with Crippen molar-refractivity contribution in [3.8, 4) is 0 Å². The van der Waals surface area contributed by atoms with Gasteiger partial charge in [0.1, 0.15) is 0 Å². The molecule has 21 heavy (non-hydrogen) atoms. The molecule has 1 fully saturated rings. The SMILES string of the molecule is CCCC(c1ccccc1)N1CCCC(CC)(C(=O)O)C1. The van der Waals surface area contributed by atoms with Crippen LogP contribution in [-0.4, -0.2) is 29.1 Å². The van der Waals surface area contributed by atoms with E-state index < -0.39 is 11.4 Å². The summed E-state index contributed by atoms with van der Waals surface area (Å²) in [6.07, 6.45) is 4.70. The van der Waals surface area contributed by atoms with Crippen molar-refractivity contribution in [2.24, 2.45) is 5.41 Å². The Hall–Kier alpha value is -1.35. The molecule has 0 bridgehead atoms. The molecule has 0 aliphatic carbocycles. The highest BCUT2D eigenvalue weighted by Gasteiger charge is 2.42. The summed E-state index contributed by atoms with van der Waals surface area (Å²) >= 11 is 0. The molecule has 3 heteroatoms. The number of rotatable bonds is 6. The van der Waals surface area contributed by atoms with Crippen molar-refractivity contribution in [2.45, 2.75) is 52.0 Å². The summed E-state index contributed by atoms with van der Waals surface area (Å²) in [6, 6.07) is 10.9. The summed E-state index contributed by atoms with van der Waals surface area (Å²) in [5.41, 5.74) is 0.760. The number of benzene rings is 1. The molecule has 1 saturated heterocycles. The van der Waals surface area contributed by atoms with Crippen molar-refractivity contribution < 1.29 is 9.90 Å². The standard InChI is InChI=1S/C18H27NO2/c1-3-9-16(15-10-6-5-7-11-15)19-13-8-12-18(4-2,14-19)17(20)21/h5-7,10-11,16H,3-4,8-9,12-14H2,1-2H3,(H,20,21). The molecule has 2 atom stereocenters. The normalized spacial score (nSPS) is 24.7. The lowest BCUT2D eigenvalue weighted by atomic mass is 9.77. The van der Waals surface area contributed by atoms with E-state index in [2.05, 4.69) is 36.1 Å². The average Bonchev–Trinajstić information content (AvgIpc) is 2.53. The Kier molecular flexibility index (Phi) is 5.40. The van der Waals surface area contributed by atoms with Crippen LogP contribution in [0.3, 0.4) is 0 Å². The van der Waals surface area contributed by atoms with Crippen molar-refractivity contribution in [1.82, 2.24) is 4.90 Å². The first-order chi connectivity index (χ1) is 10.1. The first-order valence-corrected chi connectivity index (χ1v) is 8.15. The summed E-state index contributed by atoms with van der Waals surface area (Å²) in [7, 11) is 0. The molecule has 116 valence electrons. The third kappa shape index (κ3) is 3.46. The van der Waals surface area contributed by atoms with Gasteiger partial charge in [0.2, 0.25) is 0 Å². The zero-order chi connectivity index (χ0) is 15.3. The molecule has 3 nitrogen and oxygen atoms in total. The Morgan fingerprint density at radius 1 is 1.33 bits per heavy atom. The number of hydrogen-bond acceptors (Lipinski definition) is 2. The number of nitrogens with zero attached hydrogens (tertiary/aromatic N) is 1. The van der Waals surface area contributed by atoms with Gasteiger partial charge >= 0.3 is 5.97 Å². The molecular weight excluding hydrogens is 262 g/mol. The molecule has 2 unspecified atom stereocenters. The van der Waals surface area contributed by atoms with Gasteiger partial charge in [-0.25, -0.2) is 0 Å². The molecule has 2 rings (SSSR count). The second kappa shape index (κ2) is 7.08.